The standard InChI is InChI=1S/C10H10BNO2/c1-7-3-2-4-8-5-6-9(11(13)14)12-10(7)8/h2-6,13-14H,1H3. The van der Waals surface area contributed by atoms with Gasteiger partial charge < -0.3 is 10.0 Å². The smallest absolute Gasteiger partial charge is 0.422 e. The highest BCUT2D eigenvalue weighted by atomic mass is 16.4. The van der Waals surface area contributed by atoms with Crippen LogP contribution in [0.3, 0.4) is 0 Å². The minimum absolute atomic E-state index is 0.284. The minimum Gasteiger partial charge on any atom is -0.422 e. The van der Waals surface area contributed by atoms with Crippen molar-refractivity contribution in [3.8, 4) is 0 Å². The van der Waals surface area contributed by atoms with E-state index in [2.05, 4.69) is 4.98 Å². The van der Waals surface area contributed by atoms with Crippen LogP contribution < -0.4 is 5.59 Å². The van der Waals surface area contributed by atoms with Crippen molar-refractivity contribution >= 4 is 23.6 Å². The highest BCUT2D eigenvalue weighted by molar-refractivity contribution is 6.57. The number of hydrogen-bond acceptors (Lipinski definition) is 3. The first-order chi connectivity index (χ1) is 6.68. The Bertz CT molecular complexity index is 471. The molecule has 2 N–H and O–H groups in total. The van der Waals surface area contributed by atoms with E-state index in [1.807, 2.05) is 31.2 Å². The molecule has 2 rings (SSSR count). The van der Waals surface area contributed by atoms with E-state index in [1.165, 1.54) is 0 Å². The van der Waals surface area contributed by atoms with E-state index < -0.39 is 7.12 Å². The topological polar surface area (TPSA) is 53.4 Å². The van der Waals surface area contributed by atoms with E-state index in [0.717, 1.165) is 16.5 Å². The molecule has 0 unspecified atom stereocenters. The molecule has 2 aromatic rings. The fraction of sp³-hybridized carbons (Fsp3) is 0.100. The molecule has 0 aliphatic rings. The Morgan fingerprint density at radius 3 is 2.64 bits per heavy atom. The molecule has 1 aromatic carbocycles. The summed E-state index contributed by atoms with van der Waals surface area (Å²) in [5.74, 6) is 0. The van der Waals surface area contributed by atoms with Crippen molar-refractivity contribution in [2.45, 2.75) is 6.92 Å². The number of rotatable bonds is 1. The molecule has 0 saturated heterocycles. The van der Waals surface area contributed by atoms with Gasteiger partial charge in [-0.2, -0.15) is 0 Å². The molecule has 0 radical (unpaired) electrons. The molecule has 1 heterocycles. The average Bonchev–Trinajstić information content (AvgIpc) is 2.18. The van der Waals surface area contributed by atoms with Crippen molar-refractivity contribution in [1.29, 1.82) is 0 Å². The van der Waals surface area contributed by atoms with Crippen LogP contribution in [0, 0.1) is 6.92 Å². The Hall–Kier alpha value is -1.39. The lowest BCUT2D eigenvalue weighted by Crippen LogP contribution is -2.32. The zero-order valence-corrected chi connectivity index (χ0v) is 7.81. The third-order valence-electron chi connectivity index (χ3n) is 2.21. The molecule has 70 valence electrons. The average molecular weight is 187 g/mol. The summed E-state index contributed by atoms with van der Waals surface area (Å²) in [6.45, 7) is 1.95. The monoisotopic (exact) mass is 187 g/mol. The lowest BCUT2D eigenvalue weighted by Gasteiger charge is -2.03. The van der Waals surface area contributed by atoms with Gasteiger partial charge in [0.25, 0.3) is 0 Å². The van der Waals surface area contributed by atoms with Gasteiger partial charge in [-0.05, 0) is 18.6 Å². The highest BCUT2D eigenvalue weighted by Crippen LogP contribution is 2.13. The summed E-state index contributed by atoms with van der Waals surface area (Å²) in [6.07, 6.45) is 0. The van der Waals surface area contributed by atoms with Crippen LogP contribution in [0.1, 0.15) is 5.56 Å². The molecule has 0 saturated carbocycles. The fourth-order valence-corrected chi connectivity index (χ4v) is 1.45. The largest absolute Gasteiger partial charge is 0.508 e. The SMILES string of the molecule is Cc1cccc2ccc(B(O)O)nc12. The van der Waals surface area contributed by atoms with Gasteiger partial charge in [-0.1, -0.05) is 24.3 Å². The number of hydrogen-bond donors (Lipinski definition) is 2. The maximum absolute atomic E-state index is 8.97. The Labute approximate surface area is 82.2 Å². The quantitative estimate of drug-likeness (QED) is 0.628. The summed E-state index contributed by atoms with van der Waals surface area (Å²) in [5, 5.41) is 18.9. The molecule has 0 spiro atoms. The van der Waals surface area contributed by atoms with Crippen LogP contribution in [0.15, 0.2) is 30.3 Å². The van der Waals surface area contributed by atoms with Gasteiger partial charge in [0.05, 0.1) is 11.1 Å². The first-order valence-corrected chi connectivity index (χ1v) is 4.41. The zero-order chi connectivity index (χ0) is 10.1. The maximum Gasteiger partial charge on any atom is 0.508 e. The molecular weight excluding hydrogens is 177 g/mol. The van der Waals surface area contributed by atoms with Crippen molar-refractivity contribution in [3.05, 3.63) is 35.9 Å². The van der Waals surface area contributed by atoms with Crippen LogP contribution in [0.5, 0.6) is 0 Å². The molecule has 3 nitrogen and oxygen atoms in total. The number of pyridine rings is 1. The number of aryl methyl sites for hydroxylation is 1. The third kappa shape index (κ3) is 1.50. The van der Waals surface area contributed by atoms with Gasteiger partial charge in [0.2, 0.25) is 0 Å². The van der Waals surface area contributed by atoms with Gasteiger partial charge in [0.15, 0.2) is 0 Å². The highest BCUT2D eigenvalue weighted by Gasteiger charge is 2.13. The van der Waals surface area contributed by atoms with Crippen LogP contribution >= 0.6 is 0 Å². The van der Waals surface area contributed by atoms with Crippen molar-refractivity contribution in [3.63, 3.8) is 0 Å². The van der Waals surface area contributed by atoms with Crippen LogP contribution in [-0.2, 0) is 0 Å². The third-order valence-corrected chi connectivity index (χ3v) is 2.21. The van der Waals surface area contributed by atoms with Crippen LogP contribution in [-0.4, -0.2) is 22.2 Å². The van der Waals surface area contributed by atoms with E-state index in [9.17, 15) is 0 Å². The van der Waals surface area contributed by atoms with Crippen molar-refractivity contribution < 1.29 is 10.0 Å². The van der Waals surface area contributed by atoms with Crippen LogP contribution in [0.4, 0.5) is 0 Å². The van der Waals surface area contributed by atoms with E-state index in [-0.39, 0.29) is 5.59 Å². The summed E-state index contributed by atoms with van der Waals surface area (Å²) in [5.41, 5.74) is 2.13. The Morgan fingerprint density at radius 1 is 1.14 bits per heavy atom. The van der Waals surface area contributed by atoms with Gasteiger partial charge in [0, 0.05) is 5.39 Å². The van der Waals surface area contributed by atoms with E-state index in [0.29, 0.717) is 0 Å². The summed E-state index contributed by atoms with van der Waals surface area (Å²) in [4.78, 5) is 4.17. The molecule has 1 aromatic heterocycles. The molecule has 0 bridgehead atoms. The van der Waals surface area contributed by atoms with Gasteiger partial charge >= 0.3 is 7.12 Å². The number of nitrogens with zero attached hydrogens (tertiary/aromatic N) is 1. The van der Waals surface area contributed by atoms with Crippen LogP contribution in [0.2, 0.25) is 0 Å². The van der Waals surface area contributed by atoms with Gasteiger partial charge in [0.1, 0.15) is 0 Å². The minimum atomic E-state index is -1.50. The molecule has 0 fully saturated rings. The van der Waals surface area contributed by atoms with Crippen molar-refractivity contribution in [1.82, 2.24) is 4.98 Å². The second kappa shape index (κ2) is 3.40. The van der Waals surface area contributed by atoms with Crippen LogP contribution in [0.25, 0.3) is 10.9 Å². The van der Waals surface area contributed by atoms with Gasteiger partial charge in [-0.15, -0.1) is 0 Å². The number of fused-ring (bicyclic) bond motifs is 1. The predicted molar refractivity (Wildman–Crippen MR) is 56.3 cm³/mol. The lowest BCUT2D eigenvalue weighted by atomic mass is 9.85. The molecular formula is C10H10BNO2. The maximum atomic E-state index is 8.97. The molecule has 0 aliphatic heterocycles. The van der Waals surface area contributed by atoms with Crippen molar-refractivity contribution in [2.24, 2.45) is 0 Å². The Balaban J connectivity index is 2.70. The number of aromatic nitrogens is 1. The summed E-state index contributed by atoms with van der Waals surface area (Å²) in [6, 6.07) is 9.30. The molecule has 14 heavy (non-hydrogen) atoms. The van der Waals surface area contributed by atoms with E-state index in [4.69, 9.17) is 10.0 Å². The molecule has 0 aliphatic carbocycles. The van der Waals surface area contributed by atoms with E-state index >= 15 is 0 Å². The molecule has 4 heteroatoms. The summed E-state index contributed by atoms with van der Waals surface area (Å²) < 4.78 is 0. The first-order valence-electron chi connectivity index (χ1n) is 4.41. The normalized spacial score (nSPS) is 10.5. The Kier molecular flexibility index (Phi) is 2.23. The number of para-hydroxylation sites is 1. The first kappa shape index (κ1) is 9.18. The number of benzene rings is 1. The second-order valence-corrected chi connectivity index (χ2v) is 3.26. The van der Waals surface area contributed by atoms with Gasteiger partial charge in [-0.3, -0.25) is 4.98 Å². The zero-order valence-electron chi connectivity index (χ0n) is 7.81. The molecule has 0 atom stereocenters. The second-order valence-electron chi connectivity index (χ2n) is 3.26. The fourth-order valence-electron chi connectivity index (χ4n) is 1.45. The Morgan fingerprint density at radius 2 is 1.93 bits per heavy atom. The molecule has 0 amide bonds. The summed E-state index contributed by atoms with van der Waals surface area (Å²) in [7, 11) is -1.50. The summed E-state index contributed by atoms with van der Waals surface area (Å²) >= 11 is 0. The predicted octanol–water partition coefficient (Wildman–Crippen LogP) is 0.223. The van der Waals surface area contributed by atoms with E-state index in [1.54, 1.807) is 6.07 Å². The van der Waals surface area contributed by atoms with Gasteiger partial charge in [-0.25, -0.2) is 0 Å². The lowest BCUT2D eigenvalue weighted by molar-refractivity contribution is 0.424. The van der Waals surface area contributed by atoms with Crippen molar-refractivity contribution in [2.75, 3.05) is 0 Å².